The van der Waals surface area contributed by atoms with Crippen molar-refractivity contribution in [2.45, 2.75) is 147 Å². The molecule has 9 nitrogen and oxygen atoms in total. The van der Waals surface area contributed by atoms with E-state index in [1.165, 1.54) is 0 Å². The zero-order chi connectivity index (χ0) is 49.8. The summed E-state index contributed by atoms with van der Waals surface area (Å²) in [5.41, 5.74) is 6.36. The van der Waals surface area contributed by atoms with Gasteiger partial charge in [0.05, 0.1) is 64.5 Å². The van der Waals surface area contributed by atoms with Crippen molar-refractivity contribution in [1.29, 1.82) is 0 Å². The number of nitrogens with one attached hydrogen (secondary N) is 1. The summed E-state index contributed by atoms with van der Waals surface area (Å²) in [6.07, 6.45) is 6.09. The van der Waals surface area contributed by atoms with Crippen molar-refractivity contribution in [2.24, 2.45) is 0 Å². The van der Waals surface area contributed by atoms with Gasteiger partial charge in [-0.1, -0.05) is 221 Å². The van der Waals surface area contributed by atoms with Crippen LogP contribution in [0, 0.1) is 0 Å². The van der Waals surface area contributed by atoms with E-state index in [4.69, 9.17) is 33.2 Å². The molecule has 0 bridgehead atoms. The van der Waals surface area contributed by atoms with Crippen LogP contribution in [0.2, 0.25) is 0 Å². The topological polar surface area (TPSA) is 93.7 Å². The summed E-state index contributed by atoms with van der Waals surface area (Å²) in [4.78, 5) is 13.6. The minimum Gasteiger partial charge on any atom is -0.374 e. The van der Waals surface area contributed by atoms with Gasteiger partial charge in [-0.05, 0) is 59.1 Å². The van der Waals surface area contributed by atoms with E-state index in [9.17, 15) is 4.79 Å². The first-order valence-corrected chi connectivity index (χ1v) is 26.1. The van der Waals surface area contributed by atoms with Crippen molar-refractivity contribution in [2.75, 3.05) is 6.61 Å². The van der Waals surface area contributed by atoms with E-state index in [0.29, 0.717) is 58.9 Å². The molecule has 1 heterocycles. The van der Waals surface area contributed by atoms with E-state index < -0.39 is 42.7 Å². The molecule has 9 heteroatoms. The molecule has 3 unspecified atom stereocenters. The van der Waals surface area contributed by atoms with E-state index in [1.54, 1.807) is 0 Å². The quantitative estimate of drug-likeness (QED) is 0.0431. The number of rotatable bonds is 31. The van der Waals surface area contributed by atoms with Crippen LogP contribution in [0.25, 0.3) is 0 Å². The third-order valence-electron chi connectivity index (χ3n) is 12.9. The van der Waals surface area contributed by atoms with E-state index in [0.717, 1.165) is 59.1 Å². The SMILES string of the molecule is CCCC[C@@H](OCc1ccccc1)[C@@H](OCc1ccccc1)[C@H](/C=C/CC[C@H]1OC(COCc2ccccc2)[C@H](OCc2ccccc2)C(OCc2ccccc2)C1OCc1ccccc1)NC(=O)CCC. The zero-order valence-electron chi connectivity index (χ0n) is 42.3. The average Bonchev–Trinajstić information content (AvgIpc) is 3.43. The number of carbonyl (C=O) groups is 1. The Morgan fingerprint density at radius 3 is 1.43 bits per heavy atom. The predicted molar refractivity (Wildman–Crippen MR) is 285 cm³/mol. The van der Waals surface area contributed by atoms with Gasteiger partial charge in [0.2, 0.25) is 5.91 Å². The molecule has 6 aromatic rings. The largest absolute Gasteiger partial charge is 0.374 e. The van der Waals surface area contributed by atoms with Crippen LogP contribution in [0.15, 0.2) is 194 Å². The summed E-state index contributed by atoms with van der Waals surface area (Å²) >= 11 is 0. The molecule has 0 spiro atoms. The van der Waals surface area contributed by atoms with Crippen molar-refractivity contribution in [3.05, 3.63) is 228 Å². The maximum absolute atomic E-state index is 13.6. The third-order valence-corrected chi connectivity index (χ3v) is 12.9. The Balaban J connectivity index is 1.19. The molecule has 1 amide bonds. The smallest absolute Gasteiger partial charge is 0.220 e. The first kappa shape index (κ1) is 54.0. The van der Waals surface area contributed by atoms with Crippen LogP contribution in [0.5, 0.6) is 0 Å². The normalized spacial score (nSPS) is 19.2. The van der Waals surface area contributed by atoms with Crippen molar-refractivity contribution >= 4 is 5.91 Å². The summed E-state index contributed by atoms with van der Waals surface area (Å²) in [6.45, 7) is 6.81. The van der Waals surface area contributed by atoms with Crippen molar-refractivity contribution in [3.8, 4) is 0 Å². The number of ether oxygens (including phenoxy) is 7. The molecule has 380 valence electrons. The molecule has 0 aromatic heterocycles. The van der Waals surface area contributed by atoms with Gasteiger partial charge in [-0.25, -0.2) is 0 Å². The lowest BCUT2D eigenvalue weighted by molar-refractivity contribution is -0.273. The van der Waals surface area contributed by atoms with Gasteiger partial charge >= 0.3 is 0 Å². The molecule has 8 atom stereocenters. The van der Waals surface area contributed by atoms with Gasteiger partial charge in [-0.15, -0.1) is 0 Å². The molecule has 1 aliphatic rings. The first-order valence-electron chi connectivity index (χ1n) is 26.1. The highest BCUT2D eigenvalue weighted by Crippen LogP contribution is 2.33. The van der Waals surface area contributed by atoms with Crippen LogP contribution in [-0.2, 0) is 77.6 Å². The van der Waals surface area contributed by atoms with Gasteiger partial charge in [0, 0.05) is 6.42 Å². The molecule has 1 aliphatic heterocycles. The summed E-state index contributed by atoms with van der Waals surface area (Å²) in [7, 11) is 0. The van der Waals surface area contributed by atoms with E-state index in [-0.39, 0.29) is 18.6 Å². The fourth-order valence-corrected chi connectivity index (χ4v) is 9.08. The highest BCUT2D eigenvalue weighted by molar-refractivity contribution is 5.76. The number of hydrogen-bond acceptors (Lipinski definition) is 8. The molecule has 0 radical (unpaired) electrons. The van der Waals surface area contributed by atoms with Gasteiger partial charge in [0.1, 0.15) is 30.5 Å². The van der Waals surface area contributed by atoms with Crippen molar-refractivity contribution in [3.63, 3.8) is 0 Å². The molecule has 7 rings (SSSR count). The first-order chi connectivity index (χ1) is 35.6. The Kier molecular flexibility index (Phi) is 23.2. The van der Waals surface area contributed by atoms with Crippen LogP contribution >= 0.6 is 0 Å². The maximum atomic E-state index is 13.6. The number of benzene rings is 6. The molecule has 72 heavy (non-hydrogen) atoms. The summed E-state index contributed by atoms with van der Waals surface area (Å²) in [6, 6.07) is 60.8. The average molecular weight is 974 g/mol. The van der Waals surface area contributed by atoms with Crippen LogP contribution in [-0.4, -0.2) is 61.3 Å². The minimum atomic E-state index is -0.533. The Morgan fingerprint density at radius 1 is 0.528 bits per heavy atom. The van der Waals surface area contributed by atoms with Gasteiger partial charge in [0.25, 0.3) is 0 Å². The van der Waals surface area contributed by atoms with E-state index in [2.05, 4.69) is 97.2 Å². The van der Waals surface area contributed by atoms with E-state index in [1.807, 2.05) is 116 Å². The lowest BCUT2D eigenvalue weighted by Gasteiger charge is -2.46. The molecule has 6 aromatic carbocycles. The van der Waals surface area contributed by atoms with Gasteiger partial charge in [0.15, 0.2) is 0 Å². The highest BCUT2D eigenvalue weighted by Gasteiger charge is 2.48. The van der Waals surface area contributed by atoms with Crippen molar-refractivity contribution < 1.29 is 38.0 Å². The standard InChI is InChI=1S/C63H75NO8/c1-3-5-40-56(67-43-50-29-14-7-15-30-50)60(68-44-51-31-16-8-17-32-51)55(64-59(65)26-4-2)39-24-25-41-57-61(69-45-52-33-18-9-19-34-52)63(71-47-54-37-22-11-23-38-54)62(70-46-53-35-20-10-21-36-53)58(72-57)48-66-42-49-27-12-6-13-28-49/h6-24,27-39,55-58,60-63H,3-5,25-26,40-48H2,1-2H3,(H,64,65)/b39-24+/t55-,56+,57+,58?,60-,61?,62-,63?/m0/s1. The number of allylic oxidation sites excluding steroid dienone is 1. The molecular weight excluding hydrogens is 899 g/mol. The van der Waals surface area contributed by atoms with Crippen LogP contribution in [0.3, 0.4) is 0 Å². The monoisotopic (exact) mass is 974 g/mol. The lowest BCUT2D eigenvalue weighted by atomic mass is 9.91. The van der Waals surface area contributed by atoms with Gasteiger partial charge < -0.3 is 38.5 Å². The van der Waals surface area contributed by atoms with Gasteiger partial charge in [-0.2, -0.15) is 0 Å². The predicted octanol–water partition coefficient (Wildman–Crippen LogP) is 12.7. The zero-order valence-corrected chi connectivity index (χ0v) is 42.3. The van der Waals surface area contributed by atoms with Crippen LogP contribution in [0.1, 0.15) is 92.2 Å². The second kappa shape index (κ2) is 31.0. The van der Waals surface area contributed by atoms with Crippen LogP contribution in [0.4, 0.5) is 0 Å². The maximum Gasteiger partial charge on any atom is 0.220 e. The molecular formula is C63H75NO8. The third kappa shape index (κ3) is 18.1. The Hall–Kier alpha value is -5.75. The molecule has 0 saturated carbocycles. The Bertz CT molecular complexity index is 2370. The van der Waals surface area contributed by atoms with Crippen molar-refractivity contribution in [1.82, 2.24) is 5.32 Å². The molecule has 1 fully saturated rings. The summed E-state index contributed by atoms with van der Waals surface area (Å²) in [5.74, 6) is -0.0268. The number of amides is 1. The number of carbonyl (C=O) groups excluding carboxylic acids is 1. The fourth-order valence-electron chi connectivity index (χ4n) is 9.08. The van der Waals surface area contributed by atoms with E-state index >= 15 is 0 Å². The highest BCUT2D eigenvalue weighted by atomic mass is 16.6. The summed E-state index contributed by atoms with van der Waals surface area (Å²) < 4.78 is 48.3. The summed E-state index contributed by atoms with van der Waals surface area (Å²) in [5, 5.41) is 3.37. The van der Waals surface area contributed by atoms with Crippen LogP contribution < -0.4 is 5.32 Å². The lowest BCUT2D eigenvalue weighted by Crippen LogP contribution is -2.61. The molecule has 0 aliphatic carbocycles. The number of unbranched alkanes of at least 4 members (excludes halogenated alkanes) is 1. The number of hydrogen-bond donors (Lipinski definition) is 1. The Morgan fingerprint density at radius 2 is 0.958 bits per heavy atom. The molecule has 1 saturated heterocycles. The fraction of sp³-hybridized carbons (Fsp3) is 0.381. The Labute approximate surface area is 428 Å². The molecule has 1 N–H and O–H groups in total. The second-order valence-electron chi connectivity index (χ2n) is 18.6. The van der Waals surface area contributed by atoms with Gasteiger partial charge in [-0.3, -0.25) is 4.79 Å². The minimum absolute atomic E-state index is 0.0268. The second-order valence-corrected chi connectivity index (χ2v) is 18.6.